The van der Waals surface area contributed by atoms with E-state index in [4.69, 9.17) is 4.74 Å². The monoisotopic (exact) mass is 488 g/mol. The lowest BCUT2D eigenvalue weighted by Gasteiger charge is -2.34. The molecule has 190 valence electrons. The number of nitrogens with zero attached hydrogens (tertiary/aromatic N) is 3. The number of carbonyl (C=O) groups is 2. The largest absolute Gasteiger partial charge is 0.444 e. The summed E-state index contributed by atoms with van der Waals surface area (Å²) in [5.41, 5.74) is 4.96. The zero-order valence-electron chi connectivity index (χ0n) is 21.9. The molecule has 1 N–H and O–H groups in total. The number of ether oxygens (including phenoxy) is 1. The molecule has 0 atom stereocenters. The van der Waals surface area contributed by atoms with Crippen LogP contribution in [0.15, 0.2) is 54.7 Å². The summed E-state index contributed by atoms with van der Waals surface area (Å²) in [6.07, 6.45) is 3.76. The lowest BCUT2D eigenvalue weighted by atomic mass is 9.90. The van der Waals surface area contributed by atoms with Crippen LogP contribution in [-0.4, -0.2) is 45.4 Å². The Morgan fingerprint density at radius 1 is 1.03 bits per heavy atom. The number of nitrogens with one attached hydrogen (secondary N) is 1. The van der Waals surface area contributed by atoms with Crippen LogP contribution in [0.2, 0.25) is 0 Å². The minimum Gasteiger partial charge on any atom is -0.444 e. The van der Waals surface area contributed by atoms with Gasteiger partial charge in [-0.15, -0.1) is 0 Å². The SMILES string of the molecule is CCc1ccc(NC(=O)c2cnn(-c3ccc(C)cc3)c2C2CCN(C(=O)OC(C)(C)C)CC2)cc1. The molecule has 0 saturated carbocycles. The molecule has 0 bridgehead atoms. The molecule has 1 aliphatic rings. The predicted molar refractivity (Wildman–Crippen MR) is 142 cm³/mol. The number of hydrogen-bond donors (Lipinski definition) is 1. The number of benzene rings is 2. The molecule has 0 aliphatic carbocycles. The van der Waals surface area contributed by atoms with Crippen molar-refractivity contribution in [1.82, 2.24) is 14.7 Å². The van der Waals surface area contributed by atoms with E-state index in [1.165, 1.54) is 5.56 Å². The Kier molecular flexibility index (Phi) is 7.48. The smallest absolute Gasteiger partial charge is 0.410 e. The fraction of sp³-hybridized carbons (Fsp3) is 0.414. The van der Waals surface area contributed by atoms with E-state index >= 15 is 0 Å². The topological polar surface area (TPSA) is 76.5 Å². The standard InChI is InChI=1S/C29H36N4O3/c1-6-21-9-11-23(12-10-21)31-27(34)25-19-30-33(24-13-7-20(2)8-14-24)26(25)22-15-17-32(18-16-22)28(35)36-29(3,4)5/h7-14,19,22H,6,15-18H2,1-5H3,(H,31,34). The fourth-order valence-electron chi connectivity index (χ4n) is 4.50. The Balaban J connectivity index is 1.60. The van der Waals surface area contributed by atoms with Crippen LogP contribution < -0.4 is 5.32 Å². The van der Waals surface area contributed by atoms with E-state index < -0.39 is 5.60 Å². The highest BCUT2D eigenvalue weighted by Gasteiger charge is 2.32. The molecule has 36 heavy (non-hydrogen) atoms. The summed E-state index contributed by atoms with van der Waals surface area (Å²) < 4.78 is 7.43. The molecular formula is C29H36N4O3. The lowest BCUT2D eigenvalue weighted by molar-refractivity contribution is 0.0203. The van der Waals surface area contributed by atoms with Crippen LogP contribution >= 0.6 is 0 Å². The molecule has 3 aromatic rings. The third-order valence-corrected chi connectivity index (χ3v) is 6.48. The molecule has 2 aromatic carbocycles. The van der Waals surface area contributed by atoms with Gasteiger partial charge < -0.3 is 15.0 Å². The zero-order valence-corrected chi connectivity index (χ0v) is 21.9. The van der Waals surface area contributed by atoms with Crippen LogP contribution in [0.4, 0.5) is 10.5 Å². The van der Waals surface area contributed by atoms with Gasteiger partial charge in [-0.25, -0.2) is 9.48 Å². The number of aryl methyl sites for hydroxylation is 2. The molecule has 0 radical (unpaired) electrons. The quantitative estimate of drug-likeness (QED) is 0.470. The maximum absolute atomic E-state index is 13.4. The van der Waals surface area contributed by atoms with Gasteiger partial charge in [0.2, 0.25) is 0 Å². The van der Waals surface area contributed by atoms with Crippen molar-refractivity contribution in [3.05, 3.63) is 77.1 Å². The summed E-state index contributed by atoms with van der Waals surface area (Å²) in [4.78, 5) is 27.7. The van der Waals surface area contributed by atoms with E-state index in [-0.39, 0.29) is 17.9 Å². The summed E-state index contributed by atoms with van der Waals surface area (Å²) in [5, 5.41) is 7.67. The first-order valence-corrected chi connectivity index (χ1v) is 12.7. The third-order valence-electron chi connectivity index (χ3n) is 6.48. The number of aromatic nitrogens is 2. The Hall–Kier alpha value is -3.61. The van der Waals surface area contributed by atoms with Gasteiger partial charge in [0.1, 0.15) is 5.60 Å². The average Bonchev–Trinajstić information content (AvgIpc) is 3.29. The number of likely N-dealkylation sites (tertiary alicyclic amines) is 1. The van der Waals surface area contributed by atoms with E-state index in [0.29, 0.717) is 18.7 Å². The molecular weight excluding hydrogens is 452 g/mol. The van der Waals surface area contributed by atoms with E-state index in [2.05, 4.69) is 17.3 Å². The van der Waals surface area contributed by atoms with Gasteiger partial charge in [-0.1, -0.05) is 36.8 Å². The van der Waals surface area contributed by atoms with E-state index in [1.54, 1.807) is 11.1 Å². The molecule has 0 spiro atoms. The molecule has 2 heterocycles. The molecule has 0 unspecified atom stereocenters. The summed E-state index contributed by atoms with van der Waals surface area (Å²) in [6, 6.07) is 16.0. The second-order valence-corrected chi connectivity index (χ2v) is 10.4. The molecule has 1 aliphatic heterocycles. The Bertz CT molecular complexity index is 1200. The van der Waals surface area contributed by atoms with Crippen LogP contribution in [0, 0.1) is 6.92 Å². The molecule has 7 heteroatoms. The predicted octanol–water partition coefficient (Wildman–Crippen LogP) is 6.11. The second-order valence-electron chi connectivity index (χ2n) is 10.4. The first-order chi connectivity index (χ1) is 17.1. The number of anilines is 1. The molecule has 2 amide bonds. The first-order valence-electron chi connectivity index (χ1n) is 12.7. The van der Waals surface area contributed by atoms with Gasteiger partial charge in [0, 0.05) is 24.7 Å². The van der Waals surface area contributed by atoms with Gasteiger partial charge in [0.25, 0.3) is 5.91 Å². The third kappa shape index (κ3) is 5.96. The van der Waals surface area contributed by atoms with Crippen molar-refractivity contribution in [3.63, 3.8) is 0 Å². The van der Waals surface area contributed by atoms with Crippen LogP contribution in [0.5, 0.6) is 0 Å². The van der Waals surface area contributed by atoms with Gasteiger partial charge in [0.15, 0.2) is 0 Å². The van der Waals surface area contributed by atoms with E-state index in [1.807, 2.05) is 80.9 Å². The van der Waals surface area contributed by atoms with Crippen molar-refractivity contribution in [2.24, 2.45) is 0 Å². The minimum absolute atomic E-state index is 0.0794. The highest BCUT2D eigenvalue weighted by molar-refractivity contribution is 6.05. The van der Waals surface area contributed by atoms with Gasteiger partial charge in [-0.2, -0.15) is 5.10 Å². The average molecular weight is 489 g/mol. The number of amides is 2. The van der Waals surface area contributed by atoms with Crippen LogP contribution in [0.1, 0.15) is 73.6 Å². The number of carbonyl (C=O) groups excluding carboxylic acids is 2. The second kappa shape index (κ2) is 10.6. The maximum atomic E-state index is 13.4. The summed E-state index contributed by atoms with van der Waals surface area (Å²) in [7, 11) is 0. The van der Waals surface area contributed by atoms with Crippen molar-refractivity contribution in [1.29, 1.82) is 0 Å². The molecule has 7 nitrogen and oxygen atoms in total. The summed E-state index contributed by atoms with van der Waals surface area (Å²) in [5.74, 6) is -0.0992. The van der Waals surface area contributed by atoms with Gasteiger partial charge in [0.05, 0.1) is 23.1 Å². The first kappa shape index (κ1) is 25.5. The maximum Gasteiger partial charge on any atom is 0.410 e. The van der Waals surface area contributed by atoms with E-state index in [9.17, 15) is 9.59 Å². The normalized spacial score (nSPS) is 14.5. The highest BCUT2D eigenvalue weighted by Crippen LogP contribution is 2.33. The van der Waals surface area contributed by atoms with Gasteiger partial charge >= 0.3 is 6.09 Å². The zero-order chi connectivity index (χ0) is 25.9. The number of rotatable bonds is 5. The lowest BCUT2D eigenvalue weighted by Crippen LogP contribution is -2.41. The van der Waals surface area contributed by atoms with Crippen LogP contribution in [0.25, 0.3) is 5.69 Å². The highest BCUT2D eigenvalue weighted by atomic mass is 16.6. The Labute approximate surface area is 213 Å². The van der Waals surface area contributed by atoms with Crippen molar-refractivity contribution >= 4 is 17.7 Å². The van der Waals surface area contributed by atoms with Crippen LogP contribution in [0.3, 0.4) is 0 Å². The van der Waals surface area contributed by atoms with Crippen molar-refractivity contribution in [2.75, 3.05) is 18.4 Å². The Morgan fingerprint density at radius 2 is 1.67 bits per heavy atom. The number of piperidine rings is 1. The Morgan fingerprint density at radius 3 is 2.25 bits per heavy atom. The summed E-state index contributed by atoms with van der Waals surface area (Å²) >= 11 is 0. The van der Waals surface area contributed by atoms with E-state index in [0.717, 1.165) is 41.9 Å². The molecule has 4 rings (SSSR count). The molecule has 1 fully saturated rings. The van der Waals surface area contributed by atoms with Crippen molar-refractivity contribution < 1.29 is 14.3 Å². The fourth-order valence-corrected chi connectivity index (χ4v) is 4.50. The minimum atomic E-state index is -0.529. The molecule has 1 saturated heterocycles. The van der Waals surface area contributed by atoms with Crippen molar-refractivity contribution in [2.45, 2.75) is 65.4 Å². The van der Waals surface area contributed by atoms with Gasteiger partial charge in [-0.05, 0) is 76.8 Å². The molecule has 1 aromatic heterocycles. The van der Waals surface area contributed by atoms with Crippen LogP contribution in [-0.2, 0) is 11.2 Å². The summed E-state index contributed by atoms with van der Waals surface area (Å²) in [6.45, 7) is 10.9. The number of hydrogen-bond acceptors (Lipinski definition) is 4. The van der Waals surface area contributed by atoms with Gasteiger partial charge in [-0.3, -0.25) is 4.79 Å². The van der Waals surface area contributed by atoms with Crippen molar-refractivity contribution in [3.8, 4) is 5.69 Å².